The van der Waals surface area contributed by atoms with Gasteiger partial charge in [-0.25, -0.2) is 17.6 Å². The molecule has 8 heteroatoms. The van der Waals surface area contributed by atoms with Crippen LogP contribution in [0.5, 0.6) is 0 Å². The second-order valence-electron chi connectivity index (χ2n) is 14.8. The summed E-state index contributed by atoms with van der Waals surface area (Å²) >= 11 is 0. The van der Waals surface area contributed by atoms with Gasteiger partial charge in [-0.1, -0.05) is 72.8 Å². The quantitative estimate of drug-likeness (QED) is 0.159. The van der Waals surface area contributed by atoms with Gasteiger partial charge in [0.1, 0.15) is 23.3 Å². The smallest absolute Gasteiger partial charge is 0.135 e. The molecule has 10 rings (SSSR count). The molecule has 0 bridgehead atoms. The van der Waals surface area contributed by atoms with Gasteiger partial charge >= 0.3 is 0 Å². The molecule has 0 spiro atoms. The fourth-order valence-corrected chi connectivity index (χ4v) is 8.13. The summed E-state index contributed by atoms with van der Waals surface area (Å²) in [6.07, 6.45) is 0. The molecule has 0 N–H and O–H groups in total. The lowest BCUT2D eigenvalue weighted by atomic mass is 9.83. The van der Waals surface area contributed by atoms with Crippen molar-refractivity contribution in [3.05, 3.63) is 192 Å². The van der Waals surface area contributed by atoms with Crippen LogP contribution in [0.25, 0.3) is 77.5 Å². The Kier molecular flexibility index (Phi) is 7.87. The third kappa shape index (κ3) is 5.59. The Morgan fingerprint density at radius 1 is 0.404 bits per heavy atom. The SMILES string of the molecule is CC(C)(c1cc(-n2c3ccccc3c3ccccc32)cc(-c2ccc(F)cc2F)n1)c1cc(-n2c3ccccc3c3ccccc32)cc(-c2ccc(F)cc2F)n1. The number of para-hydroxylation sites is 4. The summed E-state index contributed by atoms with van der Waals surface area (Å²) in [7, 11) is 0. The van der Waals surface area contributed by atoms with Crippen molar-refractivity contribution < 1.29 is 17.6 Å². The molecule has 0 fully saturated rings. The molecule has 4 heterocycles. The minimum absolute atomic E-state index is 0.136. The van der Waals surface area contributed by atoms with Crippen molar-refractivity contribution in [2.24, 2.45) is 0 Å². The van der Waals surface area contributed by atoms with Gasteiger partial charge < -0.3 is 9.13 Å². The standard InChI is InChI=1S/C49H32F4N4/c1-49(2,47-27-31(25-41(54-47)37-21-19-29(50)23-39(37)52)56-43-15-7-3-11-33(43)34-12-4-8-16-44(34)56)48-28-32(26-42(55-48)38-22-20-30(51)24-40(38)53)57-45-17-9-5-13-35(45)36-14-6-10-18-46(36)57/h3-28H,1-2H3. The first-order valence-electron chi connectivity index (χ1n) is 18.6. The highest BCUT2D eigenvalue weighted by Crippen LogP contribution is 2.40. The molecule has 4 aromatic heterocycles. The maximum absolute atomic E-state index is 15.7. The molecular weight excluding hydrogens is 721 g/mol. The predicted octanol–water partition coefficient (Wildman–Crippen LogP) is 12.9. The van der Waals surface area contributed by atoms with Crippen LogP contribution in [0, 0.1) is 23.3 Å². The molecule has 0 aliphatic rings. The number of benzene rings is 6. The molecule has 0 aliphatic carbocycles. The second kappa shape index (κ2) is 13.0. The minimum Gasteiger partial charge on any atom is -0.309 e. The Bertz CT molecular complexity index is 2910. The molecule has 0 saturated heterocycles. The van der Waals surface area contributed by atoms with Crippen LogP contribution < -0.4 is 0 Å². The van der Waals surface area contributed by atoms with Gasteiger partial charge in [0.05, 0.1) is 56.2 Å². The average molecular weight is 753 g/mol. The molecule has 0 saturated carbocycles. The fourth-order valence-electron chi connectivity index (χ4n) is 8.13. The van der Waals surface area contributed by atoms with Crippen molar-refractivity contribution in [2.45, 2.75) is 19.3 Å². The Labute approximate surface area is 324 Å². The van der Waals surface area contributed by atoms with Gasteiger partial charge in [-0.05, 0) is 86.6 Å². The number of aromatic nitrogens is 4. The van der Waals surface area contributed by atoms with E-state index in [0.29, 0.717) is 34.2 Å². The maximum Gasteiger partial charge on any atom is 0.135 e. The summed E-state index contributed by atoms with van der Waals surface area (Å²) in [5.41, 5.74) is 6.17. The normalized spacial score (nSPS) is 12.0. The van der Waals surface area contributed by atoms with Crippen LogP contribution in [0.4, 0.5) is 17.6 Å². The number of nitrogens with zero attached hydrogens (tertiary/aromatic N) is 4. The van der Waals surface area contributed by atoms with E-state index in [4.69, 9.17) is 9.97 Å². The molecule has 0 aliphatic heterocycles. The van der Waals surface area contributed by atoms with Crippen molar-refractivity contribution in [3.63, 3.8) is 0 Å². The summed E-state index contributed by atoms with van der Waals surface area (Å²) in [4.78, 5) is 10.2. The predicted molar refractivity (Wildman–Crippen MR) is 220 cm³/mol. The highest BCUT2D eigenvalue weighted by molar-refractivity contribution is 6.10. The molecule has 0 atom stereocenters. The second-order valence-corrected chi connectivity index (χ2v) is 14.8. The van der Waals surface area contributed by atoms with Crippen molar-refractivity contribution in [1.82, 2.24) is 19.1 Å². The number of halogens is 4. The van der Waals surface area contributed by atoms with E-state index >= 15 is 8.78 Å². The zero-order valence-electron chi connectivity index (χ0n) is 30.8. The molecule has 0 amide bonds. The van der Waals surface area contributed by atoms with Gasteiger partial charge in [0, 0.05) is 50.2 Å². The van der Waals surface area contributed by atoms with E-state index in [1.807, 2.05) is 111 Å². The average Bonchev–Trinajstić information content (AvgIpc) is 3.74. The number of pyridine rings is 2. The van der Waals surface area contributed by atoms with Crippen LogP contribution in [-0.4, -0.2) is 19.1 Å². The highest BCUT2D eigenvalue weighted by Gasteiger charge is 2.31. The Morgan fingerprint density at radius 2 is 0.737 bits per heavy atom. The monoisotopic (exact) mass is 752 g/mol. The van der Waals surface area contributed by atoms with Gasteiger partial charge in [0.25, 0.3) is 0 Å². The molecule has 0 radical (unpaired) electrons. The van der Waals surface area contributed by atoms with Gasteiger partial charge in [-0.15, -0.1) is 0 Å². The third-order valence-electron chi connectivity index (χ3n) is 11.0. The van der Waals surface area contributed by atoms with Gasteiger partial charge in [-0.2, -0.15) is 0 Å². The first kappa shape index (κ1) is 34.4. The van der Waals surface area contributed by atoms with Crippen LogP contribution in [0.3, 0.4) is 0 Å². The summed E-state index contributed by atoms with van der Waals surface area (Å²) in [6, 6.07) is 46.9. The van der Waals surface area contributed by atoms with Crippen molar-refractivity contribution in [1.29, 1.82) is 0 Å². The Balaban J connectivity index is 1.26. The van der Waals surface area contributed by atoms with Gasteiger partial charge in [0.2, 0.25) is 0 Å². The third-order valence-corrected chi connectivity index (χ3v) is 11.0. The lowest BCUT2D eigenvalue weighted by molar-refractivity contribution is 0.582. The van der Waals surface area contributed by atoms with Gasteiger partial charge in [-0.3, -0.25) is 9.97 Å². The maximum atomic E-state index is 15.7. The lowest BCUT2D eigenvalue weighted by Gasteiger charge is -2.27. The number of rotatable bonds is 6. The Hall–Kier alpha value is -7.06. The first-order valence-corrected chi connectivity index (χ1v) is 18.6. The van der Waals surface area contributed by atoms with Crippen LogP contribution in [0.2, 0.25) is 0 Å². The van der Waals surface area contributed by atoms with E-state index in [-0.39, 0.29) is 11.1 Å². The van der Waals surface area contributed by atoms with Crippen LogP contribution in [0.1, 0.15) is 25.2 Å². The Morgan fingerprint density at radius 3 is 1.07 bits per heavy atom. The first-order chi connectivity index (χ1) is 27.7. The number of hydrogen-bond donors (Lipinski definition) is 0. The van der Waals surface area contributed by atoms with Gasteiger partial charge in [0.15, 0.2) is 0 Å². The van der Waals surface area contributed by atoms with E-state index in [0.717, 1.165) is 55.7 Å². The van der Waals surface area contributed by atoms with Crippen LogP contribution in [0.15, 0.2) is 158 Å². The minimum atomic E-state index is -1.000. The summed E-state index contributed by atoms with van der Waals surface area (Å²) in [5.74, 6) is -2.87. The largest absolute Gasteiger partial charge is 0.309 e. The zero-order valence-corrected chi connectivity index (χ0v) is 30.8. The topological polar surface area (TPSA) is 35.6 Å². The molecule has 10 aromatic rings. The summed E-state index contributed by atoms with van der Waals surface area (Å²) < 4.78 is 64.1. The lowest BCUT2D eigenvalue weighted by Crippen LogP contribution is -2.24. The van der Waals surface area contributed by atoms with E-state index in [1.54, 1.807) is 0 Å². The fraction of sp³-hybridized carbons (Fsp3) is 0.0612. The number of hydrogen-bond acceptors (Lipinski definition) is 2. The van der Waals surface area contributed by atoms with Crippen LogP contribution >= 0.6 is 0 Å². The number of fused-ring (bicyclic) bond motifs is 6. The highest BCUT2D eigenvalue weighted by atomic mass is 19.1. The van der Waals surface area contributed by atoms with Crippen molar-refractivity contribution in [3.8, 4) is 33.9 Å². The molecule has 57 heavy (non-hydrogen) atoms. The molecule has 4 nitrogen and oxygen atoms in total. The van der Waals surface area contributed by atoms with Crippen LogP contribution in [-0.2, 0) is 5.41 Å². The molecule has 0 unspecified atom stereocenters. The van der Waals surface area contributed by atoms with Crippen molar-refractivity contribution >= 4 is 43.6 Å². The molecular formula is C49H32F4N4. The molecule has 6 aromatic carbocycles. The van der Waals surface area contributed by atoms with E-state index in [9.17, 15) is 8.78 Å². The zero-order chi connectivity index (χ0) is 39.0. The van der Waals surface area contributed by atoms with E-state index in [1.165, 1.54) is 24.3 Å². The molecule has 276 valence electrons. The van der Waals surface area contributed by atoms with Crippen molar-refractivity contribution in [2.75, 3.05) is 0 Å². The van der Waals surface area contributed by atoms with E-state index in [2.05, 4.69) is 33.4 Å². The summed E-state index contributed by atoms with van der Waals surface area (Å²) in [5, 5.41) is 4.19. The van der Waals surface area contributed by atoms with E-state index < -0.39 is 28.7 Å². The summed E-state index contributed by atoms with van der Waals surface area (Å²) in [6.45, 7) is 3.94.